The molecule has 0 saturated carbocycles. The first kappa shape index (κ1) is 20.5. The lowest BCUT2D eigenvalue weighted by molar-refractivity contribution is -0.121. The van der Waals surface area contributed by atoms with Crippen LogP contribution in [0, 0.1) is 0 Å². The van der Waals surface area contributed by atoms with Gasteiger partial charge in [-0.1, -0.05) is 24.3 Å². The van der Waals surface area contributed by atoms with E-state index in [1.54, 1.807) is 24.3 Å². The lowest BCUT2D eigenvalue weighted by Gasteiger charge is -2.15. The fourth-order valence-electron chi connectivity index (χ4n) is 2.38. The molecule has 5 nitrogen and oxygen atoms in total. The Labute approximate surface area is 162 Å². The molecule has 26 heavy (non-hydrogen) atoms. The Kier molecular flexibility index (Phi) is 7.23. The first-order valence-corrected chi connectivity index (χ1v) is 10.9. The third-order valence-electron chi connectivity index (χ3n) is 3.83. The molecule has 0 aromatic heterocycles. The summed E-state index contributed by atoms with van der Waals surface area (Å²) in [5.41, 5.74) is 0.857. The van der Waals surface area contributed by atoms with E-state index in [4.69, 9.17) is 4.74 Å². The van der Waals surface area contributed by atoms with Crippen LogP contribution in [0.5, 0.6) is 5.75 Å². The molecule has 2 aromatic rings. The molecule has 0 aliphatic carbocycles. The highest BCUT2D eigenvalue weighted by Gasteiger charge is 2.12. The van der Waals surface area contributed by atoms with Crippen molar-refractivity contribution in [1.29, 1.82) is 0 Å². The number of sulfone groups is 1. The number of halogens is 1. The Morgan fingerprint density at radius 1 is 1.15 bits per heavy atom. The number of benzene rings is 2. The smallest absolute Gasteiger partial charge is 0.220 e. The number of hydrogen-bond acceptors (Lipinski definition) is 4. The number of carbonyl (C=O) groups is 1. The third-order valence-corrected chi connectivity index (χ3v) is 5.61. The Hall–Kier alpha value is -1.86. The van der Waals surface area contributed by atoms with Crippen molar-refractivity contribution < 1.29 is 17.9 Å². The minimum absolute atomic E-state index is 0.0691. The van der Waals surface area contributed by atoms with Crippen LogP contribution in [0.4, 0.5) is 0 Å². The number of ether oxygens (including phenoxy) is 1. The maximum atomic E-state index is 12.1. The molecule has 2 aromatic carbocycles. The number of hydrogen-bond donors (Lipinski definition) is 1. The Morgan fingerprint density at radius 2 is 1.81 bits per heavy atom. The summed E-state index contributed by atoms with van der Waals surface area (Å²) in [6.07, 6.45) is 2.13. The zero-order valence-corrected chi connectivity index (χ0v) is 17.1. The average Bonchev–Trinajstić information content (AvgIpc) is 2.59. The predicted octanol–water partition coefficient (Wildman–Crippen LogP) is 3.89. The van der Waals surface area contributed by atoms with Crippen molar-refractivity contribution in [2.24, 2.45) is 0 Å². The van der Waals surface area contributed by atoms with Gasteiger partial charge in [-0.15, -0.1) is 0 Å². The average molecular weight is 440 g/mol. The molecule has 1 unspecified atom stereocenters. The number of rotatable bonds is 8. The first-order valence-electron chi connectivity index (χ1n) is 8.24. The van der Waals surface area contributed by atoms with Crippen molar-refractivity contribution in [3.8, 4) is 5.75 Å². The van der Waals surface area contributed by atoms with Crippen molar-refractivity contribution in [3.63, 3.8) is 0 Å². The fraction of sp³-hybridized carbons (Fsp3) is 0.316. The van der Waals surface area contributed by atoms with Gasteiger partial charge in [0, 0.05) is 12.7 Å². The molecule has 1 N–H and O–H groups in total. The molecule has 0 aliphatic rings. The highest BCUT2D eigenvalue weighted by atomic mass is 79.9. The van der Waals surface area contributed by atoms with E-state index >= 15 is 0 Å². The molecule has 1 atom stereocenters. The minimum Gasteiger partial charge on any atom is -0.492 e. The quantitative estimate of drug-likeness (QED) is 0.633. The van der Waals surface area contributed by atoms with Crippen LogP contribution in [0.1, 0.15) is 31.4 Å². The van der Waals surface area contributed by atoms with E-state index in [2.05, 4.69) is 21.2 Å². The van der Waals surface area contributed by atoms with E-state index in [0.29, 0.717) is 19.4 Å². The van der Waals surface area contributed by atoms with Crippen molar-refractivity contribution >= 4 is 31.7 Å². The summed E-state index contributed by atoms with van der Waals surface area (Å²) < 4.78 is 29.5. The second kappa shape index (κ2) is 9.19. The molecule has 2 rings (SSSR count). The van der Waals surface area contributed by atoms with Crippen molar-refractivity contribution in [3.05, 3.63) is 58.6 Å². The molecule has 0 heterocycles. The van der Waals surface area contributed by atoms with Crippen LogP contribution in [-0.2, 0) is 14.6 Å². The maximum absolute atomic E-state index is 12.1. The molecule has 0 spiro atoms. The second-order valence-corrected chi connectivity index (χ2v) is 8.88. The standard InChI is InChI=1S/C19H22BrNO4S/c1-14(15-9-11-16(12-10-15)26(2,23)24)21-19(22)8-5-13-25-18-7-4-3-6-17(18)20/h3-4,6-7,9-12,14H,5,8,13H2,1-2H3,(H,21,22). The van der Waals surface area contributed by atoms with Crippen molar-refractivity contribution in [1.82, 2.24) is 5.32 Å². The molecule has 0 fully saturated rings. The first-order chi connectivity index (χ1) is 12.3. The lowest BCUT2D eigenvalue weighted by Crippen LogP contribution is -2.26. The maximum Gasteiger partial charge on any atom is 0.220 e. The summed E-state index contributed by atoms with van der Waals surface area (Å²) in [6, 6.07) is 13.9. The van der Waals surface area contributed by atoms with Gasteiger partial charge < -0.3 is 10.1 Å². The van der Waals surface area contributed by atoms with Gasteiger partial charge in [0.1, 0.15) is 5.75 Å². The van der Waals surface area contributed by atoms with Gasteiger partial charge in [0.2, 0.25) is 5.91 Å². The van der Waals surface area contributed by atoms with Crippen LogP contribution < -0.4 is 10.1 Å². The summed E-state index contributed by atoms with van der Waals surface area (Å²) in [7, 11) is -3.21. The summed E-state index contributed by atoms with van der Waals surface area (Å²) in [4.78, 5) is 12.3. The molecule has 0 bridgehead atoms. The van der Waals surface area contributed by atoms with E-state index in [0.717, 1.165) is 15.8 Å². The van der Waals surface area contributed by atoms with Crippen molar-refractivity contribution in [2.75, 3.05) is 12.9 Å². The van der Waals surface area contributed by atoms with E-state index in [-0.39, 0.29) is 16.8 Å². The van der Waals surface area contributed by atoms with Gasteiger partial charge in [-0.2, -0.15) is 0 Å². The van der Waals surface area contributed by atoms with E-state index in [9.17, 15) is 13.2 Å². The topological polar surface area (TPSA) is 72.5 Å². The molecule has 0 radical (unpaired) electrons. The Morgan fingerprint density at radius 3 is 2.42 bits per heavy atom. The number of amides is 1. The van der Waals surface area contributed by atoms with E-state index in [1.165, 1.54) is 6.26 Å². The zero-order valence-electron chi connectivity index (χ0n) is 14.7. The van der Waals surface area contributed by atoms with Gasteiger partial charge in [-0.05, 0) is 59.1 Å². The van der Waals surface area contributed by atoms with Crippen molar-refractivity contribution in [2.45, 2.75) is 30.7 Å². The van der Waals surface area contributed by atoms with Gasteiger partial charge in [0.25, 0.3) is 0 Å². The van der Waals surface area contributed by atoms with Gasteiger partial charge in [-0.25, -0.2) is 8.42 Å². The van der Waals surface area contributed by atoms with Crippen LogP contribution in [0.3, 0.4) is 0 Å². The normalized spacial score (nSPS) is 12.4. The molecule has 0 saturated heterocycles. The van der Waals surface area contributed by atoms with Crippen LogP contribution >= 0.6 is 15.9 Å². The second-order valence-electron chi connectivity index (χ2n) is 6.01. The van der Waals surface area contributed by atoms with Crippen LogP contribution in [-0.4, -0.2) is 27.2 Å². The van der Waals surface area contributed by atoms with Crippen LogP contribution in [0.2, 0.25) is 0 Å². The summed E-state index contributed by atoms with van der Waals surface area (Å²) in [6.45, 7) is 2.32. The van der Waals surface area contributed by atoms with Gasteiger partial charge in [-0.3, -0.25) is 4.79 Å². The Balaban J connectivity index is 1.77. The highest BCUT2D eigenvalue weighted by molar-refractivity contribution is 9.10. The largest absolute Gasteiger partial charge is 0.492 e. The highest BCUT2D eigenvalue weighted by Crippen LogP contribution is 2.24. The summed E-state index contributed by atoms with van der Waals surface area (Å²) in [5.74, 6) is 0.688. The minimum atomic E-state index is -3.21. The zero-order chi connectivity index (χ0) is 19.2. The van der Waals surface area contributed by atoms with Gasteiger partial charge in [0.15, 0.2) is 9.84 Å². The molecular weight excluding hydrogens is 418 g/mol. The van der Waals surface area contributed by atoms with E-state index in [1.807, 2.05) is 31.2 Å². The SMILES string of the molecule is CC(NC(=O)CCCOc1ccccc1Br)c1ccc(S(C)(=O)=O)cc1. The monoisotopic (exact) mass is 439 g/mol. The molecule has 7 heteroatoms. The number of para-hydroxylation sites is 1. The van der Waals surface area contributed by atoms with Crippen LogP contribution in [0.15, 0.2) is 57.9 Å². The molecule has 140 valence electrons. The summed E-state index contributed by atoms with van der Waals surface area (Å²) in [5, 5.41) is 2.91. The lowest BCUT2D eigenvalue weighted by atomic mass is 10.1. The molecule has 0 aliphatic heterocycles. The third kappa shape index (κ3) is 6.14. The molecule has 1 amide bonds. The van der Waals surface area contributed by atoms with Crippen LogP contribution in [0.25, 0.3) is 0 Å². The predicted molar refractivity (Wildman–Crippen MR) is 105 cm³/mol. The number of carbonyl (C=O) groups excluding carboxylic acids is 1. The summed E-state index contributed by atoms with van der Waals surface area (Å²) >= 11 is 3.41. The van der Waals surface area contributed by atoms with Gasteiger partial charge in [0.05, 0.1) is 22.0 Å². The number of nitrogens with one attached hydrogen (secondary N) is 1. The molecular formula is C19H22BrNO4S. The van der Waals surface area contributed by atoms with E-state index < -0.39 is 9.84 Å². The fourth-order valence-corrected chi connectivity index (χ4v) is 3.41. The van der Waals surface area contributed by atoms with Gasteiger partial charge >= 0.3 is 0 Å². The Bertz CT molecular complexity index is 850.